The maximum absolute atomic E-state index is 4.09. The molecule has 90 valence electrons. The lowest BCUT2D eigenvalue weighted by Crippen LogP contribution is -1.89. The zero-order chi connectivity index (χ0) is 12.8. The summed E-state index contributed by atoms with van der Waals surface area (Å²) in [5.41, 5.74) is 6.45. The topological polar surface area (TPSA) is 0 Å². The second-order valence-electron chi connectivity index (χ2n) is 4.62. The van der Waals surface area contributed by atoms with E-state index in [0.29, 0.717) is 0 Å². The van der Waals surface area contributed by atoms with Crippen LogP contribution >= 0.6 is 0 Å². The van der Waals surface area contributed by atoms with Gasteiger partial charge < -0.3 is 0 Å². The van der Waals surface area contributed by atoms with Gasteiger partial charge in [-0.1, -0.05) is 54.2 Å². The largest absolute Gasteiger partial charge is 0.0955 e. The molecule has 0 saturated carbocycles. The summed E-state index contributed by atoms with van der Waals surface area (Å²) in [5.74, 6) is 0. The Bertz CT molecular complexity index is 459. The van der Waals surface area contributed by atoms with E-state index in [1.54, 1.807) is 0 Å². The number of rotatable bonds is 4. The molecule has 0 heterocycles. The van der Waals surface area contributed by atoms with E-state index < -0.39 is 0 Å². The van der Waals surface area contributed by atoms with Crippen molar-refractivity contribution in [1.29, 1.82) is 0 Å². The van der Waals surface area contributed by atoms with E-state index in [-0.39, 0.29) is 0 Å². The van der Waals surface area contributed by atoms with Crippen molar-refractivity contribution >= 4 is 0 Å². The zero-order valence-electron chi connectivity index (χ0n) is 11.4. The van der Waals surface area contributed by atoms with Crippen molar-refractivity contribution in [1.82, 2.24) is 0 Å². The van der Waals surface area contributed by atoms with Crippen molar-refractivity contribution in [2.24, 2.45) is 0 Å². The molecular formula is C17H22. The molecule has 1 rings (SSSR count). The number of benzene rings is 1. The highest BCUT2D eigenvalue weighted by molar-refractivity contribution is 5.34. The number of aryl methyl sites for hydroxylation is 2. The highest BCUT2D eigenvalue weighted by atomic mass is 14.0. The SMILES string of the molecule is C=C(/C=C\C(C)=C/C)Cc1ccc(C)c(C)c1. The average Bonchev–Trinajstić information content (AvgIpc) is 2.31. The van der Waals surface area contributed by atoms with Crippen LogP contribution in [0.4, 0.5) is 0 Å². The highest BCUT2D eigenvalue weighted by Crippen LogP contribution is 2.13. The van der Waals surface area contributed by atoms with Gasteiger partial charge in [0.15, 0.2) is 0 Å². The van der Waals surface area contributed by atoms with Crippen LogP contribution in [0.1, 0.15) is 30.5 Å². The third kappa shape index (κ3) is 4.44. The maximum Gasteiger partial charge on any atom is -0.00315 e. The van der Waals surface area contributed by atoms with Crippen molar-refractivity contribution in [2.75, 3.05) is 0 Å². The molecular weight excluding hydrogens is 204 g/mol. The van der Waals surface area contributed by atoms with E-state index in [2.05, 4.69) is 63.8 Å². The molecule has 0 unspecified atom stereocenters. The van der Waals surface area contributed by atoms with E-state index in [0.717, 1.165) is 12.0 Å². The minimum Gasteiger partial charge on any atom is -0.0955 e. The quantitative estimate of drug-likeness (QED) is 0.639. The van der Waals surface area contributed by atoms with Crippen LogP contribution in [0.2, 0.25) is 0 Å². The predicted octanol–water partition coefficient (Wildman–Crippen LogP) is 4.92. The third-order valence-electron chi connectivity index (χ3n) is 3.04. The Kier molecular flexibility index (Phi) is 4.96. The fraction of sp³-hybridized carbons (Fsp3) is 0.294. The lowest BCUT2D eigenvalue weighted by molar-refractivity contribution is 1.18. The van der Waals surface area contributed by atoms with E-state index >= 15 is 0 Å². The van der Waals surface area contributed by atoms with Gasteiger partial charge in [0.1, 0.15) is 0 Å². The van der Waals surface area contributed by atoms with Gasteiger partial charge in [0.25, 0.3) is 0 Å². The third-order valence-corrected chi connectivity index (χ3v) is 3.04. The van der Waals surface area contributed by atoms with Gasteiger partial charge in [0.2, 0.25) is 0 Å². The Balaban J connectivity index is 2.68. The molecule has 0 fully saturated rings. The molecule has 0 aliphatic heterocycles. The first-order valence-electron chi connectivity index (χ1n) is 6.08. The minimum atomic E-state index is 0.925. The molecule has 0 nitrogen and oxygen atoms in total. The first-order valence-corrected chi connectivity index (χ1v) is 6.08. The van der Waals surface area contributed by atoms with Crippen molar-refractivity contribution in [3.63, 3.8) is 0 Å². The van der Waals surface area contributed by atoms with Crippen LogP contribution in [0, 0.1) is 13.8 Å². The molecule has 1 aromatic rings. The van der Waals surface area contributed by atoms with E-state index in [1.807, 2.05) is 6.92 Å². The molecule has 0 radical (unpaired) electrons. The predicted molar refractivity (Wildman–Crippen MR) is 77.3 cm³/mol. The van der Waals surface area contributed by atoms with Crippen molar-refractivity contribution in [3.05, 3.63) is 70.8 Å². The van der Waals surface area contributed by atoms with Crippen molar-refractivity contribution in [3.8, 4) is 0 Å². The molecule has 1 aromatic carbocycles. The summed E-state index contributed by atoms with van der Waals surface area (Å²) in [7, 11) is 0. The van der Waals surface area contributed by atoms with E-state index in [4.69, 9.17) is 0 Å². The van der Waals surface area contributed by atoms with Crippen molar-refractivity contribution in [2.45, 2.75) is 34.1 Å². The fourth-order valence-corrected chi connectivity index (χ4v) is 1.58. The first-order chi connectivity index (χ1) is 8.02. The van der Waals surface area contributed by atoms with Crippen molar-refractivity contribution < 1.29 is 0 Å². The molecule has 17 heavy (non-hydrogen) atoms. The average molecular weight is 226 g/mol. The molecule has 0 aliphatic carbocycles. The van der Waals surface area contributed by atoms with Gasteiger partial charge in [-0.25, -0.2) is 0 Å². The second kappa shape index (κ2) is 6.24. The molecule has 0 aliphatic rings. The molecule has 0 heteroatoms. The van der Waals surface area contributed by atoms with Gasteiger partial charge in [0.05, 0.1) is 0 Å². The molecule has 0 N–H and O–H groups in total. The first kappa shape index (κ1) is 13.5. The zero-order valence-corrected chi connectivity index (χ0v) is 11.4. The van der Waals surface area contributed by atoms with Crippen LogP contribution in [0.25, 0.3) is 0 Å². The van der Waals surface area contributed by atoms with Gasteiger partial charge >= 0.3 is 0 Å². The summed E-state index contributed by atoms with van der Waals surface area (Å²) < 4.78 is 0. The summed E-state index contributed by atoms with van der Waals surface area (Å²) in [4.78, 5) is 0. The van der Waals surface area contributed by atoms with Gasteiger partial charge in [-0.05, 0) is 50.8 Å². The monoisotopic (exact) mass is 226 g/mol. The molecule has 0 spiro atoms. The number of allylic oxidation sites excluding steroid dienone is 5. The summed E-state index contributed by atoms with van der Waals surface area (Å²) >= 11 is 0. The van der Waals surface area contributed by atoms with Crippen LogP contribution < -0.4 is 0 Å². The van der Waals surface area contributed by atoms with Gasteiger partial charge in [-0.3, -0.25) is 0 Å². The van der Waals surface area contributed by atoms with E-state index in [9.17, 15) is 0 Å². The van der Waals surface area contributed by atoms with Gasteiger partial charge in [-0.2, -0.15) is 0 Å². The summed E-state index contributed by atoms with van der Waals surface area (Å²) in [6, 6.07) is 6.61. The van der Waals surface area contributed by atoms with E-state index in [1.165, 1.54) is 22.3 Å². The van der Waals surface area contributed by atoms with Crippen LogP contribution in [0.5, 0.6) is 0 Å². The number of hydrogen-bond acceptors (Lipinski definition) is 0. The Hall–Kier alpha value is -1.56. The second-order valence-corrected chi connectivity index (χ2v) is 4.62. The van der Waals surface area contributed by atoms with Crippen LogP contribution in [0.3, 0.4) is 0 Å². The molecule has 0 aromatic heterocycles. The lowest BCUT2D eigenvalue weighted by atomic mass is 10.0. The van der Waals surface area contributed by atoms with Crippen LogP contribution in [-0.4, -0.2) is 0 Å². The summed E-state index contributed by atoms with van der Waals surface area (Å²) in [6.45, 7) is 12.5. The summed E-state index contributed by atoms with van der Waals surface area (Å²) in [6.07, 6.45) is 7.24. The van der Waals surface area contributed by atoms with Crippen LogP contribution in [-0.2, 0) is 6.42 Å². The highest BCUT2D eigenvalue weighted by Gasteiger charge is 1.97. The molecule has 0 bridgehead atoms. The Morgan fingerprint density at radius 3 is 2.47 bits per heavy atom. The Morgan fingerprint density at radius 1 is 1.18 bits per heavy atom. The molecule has 0 saturated heterocycles. The van der Waals surface area contributed by atoms with Gasteiger partial charge in [-0.15, -0.1) is 0 Å². The lowest BCUT2D eigenvalue weighted by Gasteiger charge is -2.05. The molecule has 0 atom stereocenters. The minimum absolute atomic E-state index is 0.925. The standard InChI is InChI=1S/C17H22/c1-6-13(2)7-8-14(3)11-17-10-9-15(4)16(5)12-17/h6-10,12H,3,11H2,1-2,4-5H3/b8-7-,13-6-. The van der Waals surface area contributed by atoms with Crippen LogP contribution in [0.15, 0.2) is 54.2 Å². The molecule has 0 amide bonds. The normalized spacial score (nSPS) is 12.1. The maximum atomic E-state index is 4.09. The van der Waals surface area contributed by atoms with Gasteiger partial charge in [0, 0.05) is 0 Å². The smallest absolute Gasteiger partial charge is 0.00315 e. The number of hydrogen-bond donors (Lipinski definition) is 0. The Morgan fingerprint density at radius 2 is 1.88 bits per heavy atom. The summed E-state index contributed by atoms with van der Waals surface area (Å²) in [5, 5.41) is 0. The fourth-order valence-electron chi connectivity index (χ4n) is 1.58. The Labute approximate surface area is 105 Å².